The van der Waals surface area contributed by atoms with Gasteiger partial charge in [0, 0.05) is 48.3 Å². The third kappa shape index (κ3) is 3.23. The van der Waals surface area contributed by atoms with E-state index in [1.165, 1.54) is 27.7 Å². The van der Waals surface area contributed by atoms with Crippen molar-refractivity contribution in [3.05, 3.63) is 83.2 Å². The van der Waals surface area contributed by atoms with Crippen molar-refractivity contribution in [1.82, 2.24) is 19.4 Å². The molecule has 0 unspecified atom stereocenters. The van der Waals surface area contributed by atoms with E-state index in [0.717, 1.165) is 24.4 Å². The SMILES string of the molecule is CC[C@@H]1CSC2=N[C@@H](c3ccccn3)[C@H](c3cc(C)n(Cc4cccnc4)c3C)N21. The molecule has 6 heteroatoms. The summed E-state index contributed by atoms with van der Waals surface area (Å²) < 4.78 is 2.41. The average molecular weight is 418 g/mol. The minimum Gasteiger partial charge on any atom is -0.344 e. The summed E-state index contributed by atoms with van der Waals surface area (Å²) >= 11 is 1.90. The fraction of sp³-hybridized carbons (Fsp3) is 0.375. The van der Waals surface area contributed by atoms with E-state index in [2.05, 4.69) is 64.5 Å². The van der Waals surface area contributed by atoms with Gasteiger partial charge in [-0.2, -0.15) is 0 Å². The van der Waals surface area contributed by atoms with Crippen molar-refractivity contribution in [2.24, 2.45) is 4.99 Å². The van der Waals surface area contributed by atoms with Gasteiger partial charge in [-0.3, -0.25) is 15.0 Å². The molecule has 0 aromatic carbocycles. The number of amidine groups is 1. The lowest BCUT2D eigenvalue weighted by atomic mass is 9.95. The van der Waals surface area contributed by atoms with Crippen LogP contribution in [0.15, 0.2) is 60.0 Å². The van der Waals surface area contributed by atoms with Gasteiger partial charge in [0.25, 0.3) is 0 Å². The summed E-state index contributed by atoms with van der Waals surface area (Å²) in [5.41, 5.74) is 6.23. The van der Waals surface area contributed by atoms with Crippen molar-refractivity contribution in [2.75, 3.05) is 5.75 Å². The van der Waals surface area contributed by atoms with Crippen LogP contribution in [-0.4, -0.2) is 36.4 Å². The Morgan fingerprint density at radius 1 is 1.13 bits per heavy atom. The van der Waals surface area contributed by atoms with Crippen molar-refractivity contribution in [1.29, 1.82) is 0 Å². The third-order valence-corrected chi connectivity index (χ3v) is 7.45. The molecule has 1 fully saturated rings. The Morgan fingerprint density at radius 2 is 2.03 bits per heavy atom. The summed E-state index contributed by atoms with van der Waals surface area (Å²) in [7, 11) is 0. The zero-order valence-electron chi connectivity index (χ0n) is 17.7. The first-order chi connectivity index (χ1) is 14.7. The molecule has 2 aliphatic heterocycles. The number of rotatable bonds is 5. The van der Waals surface area contributed by atoms with Crippen LogP contribution >= 0.6 is 11.8 Å². The number of pyridine rings is 2. The molecule has 0 amide bonds. The lowest BCUT2D eigenvalue weighted by Gasteiger charge is -2.32. The van der Waals surface area contributed by atoms with Crippen LogP contribution in [0.3, 0.4) is 0 Å². The number of aryl methyl sites for hydroxylation is 1. The van der Waals surface area contributed by atoms with Gasteiger partial charge in [-0.25, -0.2) is 0 Å². The molecule has 2 aliphatic rings. The van der Waals surface area contributed by atoms with Crippen LogP contribution in [-0.2, 0) is 6.54 Å². The van der Waals surface area contributed by atoms with Crippen molar-refractivity contribution in [3.8, 4) is 0 Å². The normalized spacial score (nSPS) is 23.0. The second-order valence-electron chi connectivity index (χ2n) is 8.11. The molecule has 1 saturated heterocycles. The minimum absolute atomic E-state index is 0.0374. The van der Waals surface area contributed by atoms with Gasteiger partial charge in [0.1, 0.15) is 6.04 Å². The fourth-order valence-electron chi connectivity index (χ4n) is 4.73. The molecule has 3 atom stereocenters. The molecule has 5 heterocycles. The van der Waals surface area contributed by atoms with E-state index < -0.39 is 0 Å². The maximum Gasteiger partial charge on any atom is 0.160 e. The highest BCUT2D eigenvalue weighted by Gasteiger charge is 2.46. The predicted octanol–water partition coefficient (Wildman–Crippen LogP) is 4.92. The van der Waals surface area contributed by atoms with Crippen LogP contribution in [0, 0.1) is 13.8 Å². The Morgan fingerprint density at radius 3 is 2.77 bits per heavy atom. The van der Waals surface area contributed by atoms with Gasteiger partial charge in [-0.05, 0) is 55.7 Å². The fourth-order valence-corrected chi connectivity index (χ4v) is 6.07. The molecule has 3 aromatic heterocycles. The van der Waals surface area contributed by atoms with Crippen molar-refractivity contribution in [2.45, 2.75) is 51.9 Å². The van der Waals surface area contributed by atoms with Crippen molar-refractivity contribution in [3.63, 3.8) is 0 Å². The smallest absolute Gasteiger partial charge is 0.160 e. The number of aromatic nitrogens is 3. The van der Waals surface area contributed by atoms with E-state index in [-0.39, 0.29) is 12.1 Å². The molecule has 154 valence electrons. The lowest BCUT2D eigenvalue weighted by molar-refractivity contribution is 0.254. The summed E-state index contributed by atoms with van der Waals surface area (Å²) in [5.74, 6) is 1.12. The summed E-state index contributed by atoms with van der Waals surface area (Å²) in [6, 6.07) is 13.4. The number of aliphatic imine (C=N–C) groups is 1. The van der Waals surface area contributed by atoms with Crippen molar-refractivity contribution >= 4 is 16.9 Å². The number of nitrogens with zero attached hydrogens (tertiary/aromatic N) is 5. The van der Waals surface area contributed by atoms with Crippen LogP contribution in [0.25, 0.3) is 0 Å². The largest absolute Gasteiger partial charge is 0.344 e. The zero-order chi connectivity index (χ0) is 20.7. The van der Waals surface area contributed by atoms with Crippen LogP contribution in [0.5, 0.6) is 0 Å². The predicted molar refractivity (Wildman–Crippen MR) is 123 cm³/mol. The highest BCUT2D eigenvalue weighted by Crippen LogP contribution is 2.49. The number of thioether (sulfide) groups is 1. The first-order valence-corrected chi connectivity index (χ1v) is 11.6. The average Bonchev–Trinajstić information content (AvgIpc) is 3.43. The molecule has 0 aliphatic carbocycles. The standard InChI is InChI=1S/C24H27N5S/c1-4-19-15-30-24-27-22(21-9-5-6-11-26-21)23(29(19)24)20-12-16(2)28(17(20)3)14-18-8-7-10-25-13-18/h5-13,19,22-23H,4,14-15H2,1-3H3/t19-,22+,23+/m1/s1. The molecule has 0 bridgehead atoms. The molecular formula is C24H27N5S. The molecule has 30 heavy (non-hydrogen) atoms. The highest BCUT2D eigenvalue weighted by atomic mass is 32.2. The third-order valence-electron chi connectivity index (χ3n) is 6.32. The molecule has 5 rings (SSSR count). The van der Waals surface area contributed by atoms with Crippen LogP contribution in [0.1, 0.15) is 53.6 Å². The second kappa shape index (κ2) is 7.91. The first kappa shape index (κ1) is 19.4. The summed E-state index contributed by atoms with van der Waals surface area (Å²) in [5, 5.41) is 1.18. The van der Waals surface area contributed by atoms with Gasteiger partial charge in [0.15, 0.2) is 5.17 Å². The molecule has 3 aromatic rings. The van der Waals surface area contributed by atoms with E-state index in [1.54, 1.807) is 0 Å². The van der Waals surface area contributed by atoms with Gasteiger partial charge in [0.05, 0.1) is 11.7 Å². The van der Waals surface area contributed by atoms with E-state index in [1.807, 2.05) is 42.5 Å². The van der Waals surface area contributed by atoms with Gasteiger partial charge < -0.3 is 9.47 Å². The molecular weight excluding hydrogens is 390 g/mol. The van der Waals surface area contributed by atoms with Crippen LogP contribution in [0.2, 0.25) is 0 Å². The Labute approximate surface area is 182 Å². The van der Waals surface area contributed by atoms with E-state index in [4.69, 9.17) is 4.99 Å². The molecule has 0 spiro atoms. The Hall–Kier alpha value is -2.60. The van der Waals surface area contributed by atoms with Crippen LogP contribution < -0.4 is 0 Å². The van der Waals surface area contributed by atoms with Gasteiger partial charge in [0.2, 0.25) is 0 Å². The topological polar surface area (TPSA) is 46.3 Å². The van der Waals surface area contributed by atoms with Gasteiger partial charge >= 0.3 is 0 Å². The Balaban J connectivity index is 1.57. The number of hydrogen-bond donors (Lipinski definition) is 0. The summed E-state index contributed by atoms with van der Waals surface area (Å²) in [4.78, 5) is 16.7. The second-order valence-corrected chi connectivity index (χ2v) is 9.10. The first-order valence-electron chi connectivity index (χ1n) is 10.6. The van der Waals surface area contributed by atoms with E-state index >= 15 is 0 Å². The highest BCUT2D eigenvalue weighted by molar-refractivity contribution is 8.14. The molecule has 5 nitrogen and oxygen atoms in total. The molecule has 0 N–H and O–H groups in total. The quantitative estimate of drug-likeness (QED) is 0.591. The monoisotopic (exact) mass is 417 g/mol. The van der Waals surface area contributed by atoms with Crippen LogP contribution in [0.4, 0.5) is 0 Å². The Kier molecular flexibility index (Phi) is 5.11. The maximum atomic E-state index is 5.16. The molecule has 0 saturated carbocycles. The van der Waals surface area contributed by atoms with Crippen molar-refractivity contribution < 1.29 is 0 Å². The number of hydrogen-bond acceptors (Lipinski definition) is 5. The minimum atomic E-state index is 0.0374. The maximum absolute atomic E-state index is 5.16. The van der Waals surface area contributed by atoms with E-state index in [9.17, 15) is 0 Å². The summed E-state index contributed by atoms with van der Waals surface area (Å²) in [6.45, 7) is 7.57. The van der Waals surface area contributed by atoms with Gasteiger partial charge in [-0.1, -0.05) is 30.8 Å². The number of fused-ring (bicyclic) bond motifs is 1. The zero-order valence-corrected chi connectivity index (χ0v) is 18.5. The molecule has 0 radical (unpaired) electrons. The van der Waals surface area contributed by atoms with E-state index in [0.29, 0.717) is 6.04 Å². The lowest BCUT2D eigenvalue weighted by Crippen LogP contribution is -2.35. The van der Waals surface area contributed by atoms with Gasteiger partial charge in [-0.15, -0.1) is 0 Å². The summed E-state index contributed by atoms with van der Waals surface area (Å²) in [6.07, 6.45) is 6.80. The Bertz CT molecular complexity index is 1060.